The fourth-order valence-electron chi connectivity index (χ4n) is 1.97. The quantitative estimate of drug-likeness (QED) is 0.900. The van der Waals surface area contributed by atoms with Crippen LogP contribution in [0.3, 0.4) is 0 Å². The third kappa shape index (κ3) is 5.58. The van der Waals surface area contributed by atoms with Gasteiger partial charge in [-0.3, -0.25) is 10.1 Å². The number of alkyl halides is 3. The second kappa shape index (κ2) is 7.94. The Morgan fingerprint density at radius 2 is 2.05 bits per heavy atom. The van der Waals surface area contributed by atoms with E-state index in [1.54, 1.807) is 23.7 Å². The minimum absolute atomic E-state index is 0. The van der Waals surface area contributed by atoms with Gasteiger partial charge in [0.25, 0.3) is 0 Å². The van der Waals surface area contributed by atoms with Crippen LogP contribution < -0.4 is 10.1 Å². The maximum Gasteiger partial charge on any atom is 0.573 e. The number of halogens is 4. The number of likely N-dealkylation sites (N-methyl/N-ethyl adjacent to an activating group) is 1. The molecule has 1 fully saturated rings. The van der Waals surface area contributed by atoms with E-state index in [9.17, 15) is 18.0 Å². The molecule has 1 unspecified atom stereocenters. The van der Waals surface area contributed by atoms with Crippen molar-refractivity contribution in [3.05, 3.63) is 29.8 Å². The molecule has 124 valence electrons. The first-order chi connectivity index (χ1) is 9.85. The molecule has 9 heteroatoms. The summed E-state index contributed by atoms with van der Waals surface area (Å²) in [7, 11) is 1.67. The lowest BCUT2D eigenvalue weighted by atomic mass is 10.2. The molecule has 0 spiro atoms. The molecule has 1 aliphatic rings. The van der Waals surface area contributed by atoms with Crippen LogP contribution in [0.25, 0.3) is 0 Å². The molecule has 1 aromatic rings. The Balaban J connectivity index is 0.00000242. The van der Waals surface area contributed by atoms with Gasteiger partial charge in [-0.05, 0) is 17.7 Å². The van der Waals surface area contributed by atoms with Crippen LogP contribution in [0.4, 0.5) is 13.2 Å². The molecule has 1 amide bonds. The van der Waals surface area contributed by atoms with E-state index in [4.69, 9.17) is 0 Å². The zero-order chi connectivity index (χ0) is 15.5. The summed E-state index contributed by atoms with van der Waals surface area (Å²) in [5, 5.41) is 3.08. The highest BCUT2D eigenvalue weighted by Crippen LogP contribution is 2.23. The van der Waals surface area contributed by atoms with Crippen molar-refractivity contribution < 1.29 is 22.7 Å². The minimum atomic E-state index is -4.69. The van der Waals surface area contributed by atoms with Crippen LogP contribution in [0.5, 0.6) is 5.75 Å². The lowest BCUT2D eigenvalue weighted by Crippen LogP contribution is -2.42. The Morgan fingerprint density at radius 1 is 1.41 bits per heavy atom. The maximum absolute atomic E-state index is 12.1. The molecule has 0 saturated carbocycles. The van der Waals surface area contributed by atoms with E-state index in [1.165, 1.54) is 24.3 Å². The van der Waals surface area contributed by atoms with Crippen LogP contribution in [0.15, 0.2) is 24.3 Å². The van der Waals surface area contributed by atoms with Gasteiger partial charge in [0.15, 0.2) is 0 Å². The third-order valence-electron chi connectivity index (χ3n) is 2.97. The summed E-state index contributed by atoms with van der Waals surface area (Å²) in [4.78, 5) is 13.6. The molecule has 0 bridgehead atoms. The van der Waals surface area contributed by atoms with Crippen molar-refractivity contribution in [2.75, 3.05) is 18.7 Å². The summed E-state index contributed by atoms with van der Waals surface area (Å²) < 4.78 is 39.9. The van der Waals surface area contributed by atoms with Crippen LogP contribution in [-0.4, -0.2) is 41.9 Å². The van der Waals surface area contributed by atoms with Gasteiger partial charge in [0.1, 0.15) is 5.75 Å². The van der Waals surface area contributed by atoms with E-state index in [0.29, 0.717) is 6.54 Å². The lowest BCUT2D eigenvalue weighted by molar-refractivity contribution is -0.274. The number of carbonyl (C=O) groups excluding carboxylic acids is 1. The molecule has 0 aliphatic carbocycles. The molecule has 1 saturated heterocycles. The van der Waals surface area contributed by atoms with Crippen molar-refractivity contribution in [3.63, 3.8) is 0 Å². The van der Waals surface area contributed by atoms with Gasteiger partial charge < -0.3 is 9.64 Å². The zero-order valence-electron chi connectivity index (χ0n) is 11.7. The molecule has 4 nitrogen and oxygen atoms in total. The Hall–Kier alpha value is -1.12. The zero-order valence-corrected chi connectivity index (χ0v) is 13.4. The Morgan fingerprint density at radius 3 is 2.55 bits per heavy atom. The standard InChI is InChI=1S/C13H15F3N2O2S.ClH/c1-18(12(19)11-7-21-8-17-11)6-9-2-4-10(5-3-9)20-13(14,15)16;/h2-5,11,17H,6-8H2,1H3;1H. The first-order valence-electron chi connectivity index (χ1n) is 6.26. The van der Waals surface area contributed by atoms with Crippen LogP contribution >= 0.6 is 24.2 Å². The maximum atomic E-state index is 12.1. The summed E-state index contributed by atoms with van der Waals surface area (Å²) >= 11 is 1.66. The number of rotatable bonds is 4. The van der Waals surface area contributed by atoms with E-state index in [-0.39, 0.29) is 30.1 Å². The normalized spacial score (nSPS) is 17.7. The van der Waals surface area contributed by atoms with Crippen molar-refractivity contribution in [2.24, 2.45) is 0 Å². The second-order valence-electron chi connectivity index (χ2n) is 4.66. The van der Waals surface area contributed by atoms with Gasteiger partial charge in [0.2, 0.25) is 5.91 Å². The van der Waals surface area contributed by atoms with Gasteiger partial charge in [-0.2, -0.15) is 0 Å². The van der Waals surface area contributed by atoms with Crippen molar-refractivity contribution in [1.82, 2.24) is 10.2 Å². The molecular formula is C13H16ClF3N2O2S. The second-order valence-corrected chi connectivity index (χ2v) is 5.69. The number of hydrogen-bond donors (Lipinski definition) is 1. The summed E-state index contributed by atoms with van der Waals surface area (Å²) in [6, 6.07) is 5.33. The molecular weight excluding hydrogens is 341 g/mol. The van der Waals surface area contributed by atoms with E-state index in [2.05, 4.69) is 10.1 Å². The van der Waals surface area contributed by atoms with Crippen molar-refractivity contribution >= 4 is 30.1 Å². The van der Waals surface area contributed by atoms with Crippen LogP contribution in [0.1, 0.15) is 5.56 Å². The predicted molar refractivity (Wildman–Crippen MR) is 81.1 cm³/mol. The number of thioether (sulfide) groups is 1. The fourth-order valence-corrected chi connectivity index (χ4v) is 2.90. The number of benzene rings is 1. The topological polar surface area (TPSA) is 41.6 Å². The Bertz CT molecular complexity index is 493. The fraction of sp³-hybridized carbons (Fsp3) is 0.462. The molecule has 0 radical (unpaired) electrons. The van der Waals surface area contributed by atoms with Crippen molar-refractivity contribution in [1.29, 1.82) is 0 Å². The third-order valence-corrected chi connectivity index (χ3v) is 3.91. The molecule has 22 heavy (non-hydrogen) atoms. The molecule has 1 aromatic carbocycles. The number of carbonyl (C=O) groups is 1. The smallest absolute Gasteiger partial charge is 0.406 e. The van der Waals surface area contributed by atoms with Crippen LogP contribution in [0.2, 0.25) is 0 Å². The molecule has 1 heterocycles. The van der Waals surface area contributed by atoms with Crippen molar-refractivity contribution in [2.45, 2.75) is 18.9 Å². The van der Waals surface area contributed by atoms with E-state index >= 15 is 0 Å². The summed E-state index contributed by atoms with van der Waals surface area (Å²) in [6.07, 6.45) is -4.69. The number of amides is 1. The average molecular weight is 357 g/mol. The number of ether oxygens (including phenoxy) is 1. The van der Waals surface area contributed by atoms with Crippen LogP contribution in [0, 0.1) is 0 Å². The Kier molecular flexibility index (Phi) is 6.83. The predicted octanol–water partition coefficient (Wildman–Crippen LogP) is 2.63. The number of nitrogens with zero attached hydrogens (tertiary/aromatic N) is 1. The lowest BCUT2D eigenvalue weighted by Gasteiger charge is -2.21. The van der Waals surface area contributed by atoms with E-state index in [0.717, 1.165) is 17.2 Å². The SMILES string of the molecule is CN(Cc1ccc(OC(F)(F)F)cc1)C(=O)C1CSCN1.Cl. The largest absolute Gasteiger partial charge is 0.573 e. The van der Waals surface area contributed by atoms with Gasteiger partial charge in [0.05, 0.1) is 6.04 Å². The molecule has 1 atom stereocenters. The van der Waals surface area contributed by atoms with Gasteiger partial charge in [-0.15, -0.1) is 37.3 Å². The summed E-state index contributed by atoms with van der Waals surface area (Å²) in [6.45, 7) is 0.341. The van der Waals surface area contributed by atoms with E-state index in [1.807, 2.05) is 0 Å². The highest BCUT2D eigenvalue weighted by atomic mass is 35.5. The monoisotopic (exact) mass is 356 g/mol. The number of hydrogen-bond acceptors (Lipinski definition) is 4. The molecule has 1 N–H and O–H groups in total. The van der Waals surface area contributed by atoms with Gasteiger partial charge in [-0.1, -0.05) is 12.1 Å². The molecule has 1 aliphatic heterocycles. The summed E-state index contributed by atoms with van der Waals surface area (Å²) in [5.74, 6) is 1.21. The average Bonchev–Trinajstić information content (AvgIpc) is 2.92. The Labute approximate surface area is 136 Å². The van der Waals surface area contributed by atoms with Crippen LogP contribution in [-0.2, 0) is 11.3 Å². The summed E-state index contributed by atoms with van der Waals surface area (Å²) in [5.41, 5.74) is 0.742. The minimum Gasteiger partial charge on any atom is -0.406 e. The highest BCUT2D eigenvalue weighted by Gasteiger charge is 2.31. The van der Waals surface area contributed by atoms with Gasteiger partial charge in [0, 0.05) is 25.2 Å². The molecule has 2 rings (SSSR count). The van der Waals surface area contributed by atoms with E-state index < -0.39 is 6.36 Å². The first kappa shape index (κ1) is 18.9. The van der Waals surface area contributed by atoms with Gasteiger partial charge >= 0.3 is 6.36 Å². The van der Waals surface area contributed by atoms with Crippen molar-refractivity contribution in [3.8, 4) is 5.75 Å². The first-order valence-corrected chi connectivity index (χ1v) is 7.41. The molecule has 0 aromatic heterocycles. The van der Waals surface area contributed by atoms with Gasteiger partial charge in [-0.25, -0.2) is 0 Å². The highest BCUT2D eigenvalue weighted by molar-refractivity contribution is 7.99. The number of nitrogens with one attached hydrogen (secondary N) is 1.